The lowest BCUT2D eigenvalue weighted by Crippen LogP contribution is -2.33. The first kappa shape index (κ1) is 20.1. The molecule has 0 fully saturated rings. The fourth-order valence-corrected chi connectivity index (χ4v) is 2.98. The van der Waals surface area contributed by atoms with E-state index in [9.17, 15) is 14.7 Å². The summed E-state index contributed by atoms with van der Waals surface area (Å²) in [5.74, 6) is -2.31. The molecular formula is C19H22N6O4. The van der Waals surface area contributed by atoms with Crippen LogP contribution in [0.25, 0.3) is 0 Å². The molecule has 0 radical (unpaired) electrons. The second-order valence-corrected chi connectivity index (χ2v) is 6.82. The number of carbonyl (C=O) groups excluding carboxylic acids is 1. The number of rotatable bonds is 8. The van der Waals surface area contributed by atoms with E-state index in [2.05, 4.69) is 15.5 Å². The number of carboxylic acid groups (broad SMARTS) is 1. The van der Waals surface area contributed by atoms with Crippen molar-refractivity contribution in [3.63, 3.8) is 0 Å². The van der Waals surface area contributed by atoms with Gasteiger partial charge in [-0.15, -0.1) is 0 Å². The summed E-state index contributed by atoms with van der Waals surface area (Å²) >= 11 is 0. The van der Waals surface area contributed by atoms with E-state index in [-0.39, 0.29) is 24.7 Å². The first-order valence-corrected chi connectivity index (χ1v) is 8.98. The average Bonchev–Trinajstić information content (AvgIpc) is 3.31. The van der Waals surface area contributed by atoms with Gasteiger partial charge < -0.3 is 25.6 Å². The quantitative estimate of drug-likeness (QED) is 0.376. The summed E-state index contributed by atoms with van der Waals surface area (Å²) in [7, 11) is 1.75. The molecule has 5 N–H and O–H groups in total. The zero-order valence-corrected chi connectivity index (χ0v) is 15.8. The van der Waals surface area contributed by atoms with Gasteiger partial charge in [0.15, 0.2) is 0 Å². The van der Waals surface area contributed by atoms with Crippen LogP contribution in [0.15, 0.2) is 41.9 Å². The topological polar surface area (TPSA) is 156 Å². The number of imidazole rings is 1. The van der Waals surface area contributed by atoms with Gasteiger partial charge in [-0.1, -0.05) is 29.4 Å². The Hall–Kier alpha value is -3.69. The number of hydrogen-bond donors (Lipinski definition) is 4. The molecule has 29 heavy (non-hydrogen) atoms. The fraction of sp³-hybridized carbons (Fsp3) is 0.316. The first-order valence-electron chi connectivity index (χ1n) is 8.98. The van der Waals surface area contributed by atoms with Crippen LogP contribution in [0.2, 0.25) is 0 Å². The number of oxime groups is 1. The van der Waals surface area contributed by atoms with Crippen LogP contribution in [0.5, 0.6) is 0 Å². The third-order valence-corrected chi connectivity index (χ3v) is 4.56. The van der Waals surface area contributed by atoms with E-state index in [1.807, 2.05) is 0 Å². The van der Waals surface area contributed by atoms with E-state index < -0.39 is 18.0 Å². The van der Waals surface area contributed by atoms with Crippen LogP contribution >= 0.6 is 0 Å². The smallest absolute Gasteiger partial charge is 0.314 e. The minimum Gasteiger partial charge on any atom is -0.481 e. The van der Waals surface area contributed by atoms with Gasteiger partial charge in [-0.05, 0) is 5.56 Å². The second kappa shape index (κ2) is 8.55. The molecule has 0 saturated carbocycles. The number of aliphatic carboxylic acids is 1. The van der Waals surface area contributed by atoms with Gasteiger partial charge in [0.05, 0.1) is 24.2 Å². The van der Waals surface area contributed by atoms with Crippen molar-refractivity contribution in [3.05, 3.63) is 53.6 Å². The van der Waals surface area contributed by atoms with Gasteiger partial charge in [-0.3, -0.25) is 15.0 Å². The normalized spacial score (nSPS) is 16.6. The molecule has 1 aromatic heterocycles. The molecule has 1 aromatic carbocycles. The molecule has 0 aliphatic carbocycles. The average molecular weight is 398 g/mol. The Morgan fingerprint density at radius 1 is 1.41 bits per heavy atom. The third-order valence-electron chi connectivity index (χ3n) is 4.56. The van der Waals surface area contributed by atoms with Crippen LogP contribution in [0.4, 0.5) is 0 Å². The number of hydrogen-bond acceptors (Lipinski definition) is 6. The van der Waals surface area contributed by atoms with E-state index in [4.69, 9.17) is 16.0 Å². The van der Waals surface area contributed by atoms with Gasteiger partial charge in [0.2, 0.25) is 5.91 Å². The molecule has 10 nitrogen and oxygen atoms in total. The number of benzene rings is 1. The van der Waals surface area contributed by atoms with E-state index in [1.54, 1.807) is 42.1 Å². The van der Waals surface area contributed by atoms with Crippen molar-refractivity contribution in [1.29, 1.82) is 5.41 Å². The Kier molecular flexibility index (Phi) is 5.91. The highest BCUT2D eigenvalue weighted by Crippen LogP contribution is 2.20. The molecule has 2 atom stereocenters. The molecule has 2 aromatic rings. The lowest BCUT2D eigenvalue weighted by Gasteiger charge is -2.13. The monoisotopic (exact) mass is 398 g/mol. The van der Waals surface area contributed by atoms with Crippen LogP contribution in [-0.2, 0) is 21.5 Å². The van der Waals surface area contributed by atoms with Crippen molar-refractivity contribution in [2.75, 3.05) is 6.54 Å². The number of aromatic nitrogens is 2. The van der Waals surface area contributed by atoms with E-state index >= 15 is 0 Å². The SMILES string of the molecule is Cn1cnc([C@@H](CNC(=O)CC2CC(c3ccc(C(=N)N)cc3)=NO2)C(=O)O)c1. The minimum absolute atomic E-state index is 0.0129. The molecule has 0 saturated heterocycles. The van der Waals surface area contributed by atoms with E-state index in [0.29, 0.717) is 23.4 Å². The molecule has 1 aliphatic heterocycles. The number of amides is 1. The Morgan fingerprint density at radius 3 is 2.72 bits per heavy atom. The van der Waals surface area contributed by atoms with Gasteiger partial charge >= 0.3 is 5.97 Å². The van der Waals surface area contributed by atoms with Gasteiger partial charge in [0, 0.05) is 31.8 Å². The predicted molar refractivity (Wildman–Crippen MR) is 105 cm³/mol. The summed E-state index contributed by atoms with van der Waals surface area (Å²) in [4.78, 5) is 33.1. The van der Waals surface area contributed by atoms with Crippen LogP contribution in [0.1, 0.15) is 35.6 Å². The van der Waals surface area contributed by atoms with E-state index in [0.717, 1.165) is 5.56 Å². The highest BCUT2D eigenvalue weighted by Gasteiger charge is 2.27. The van der Waals surface area contributed by atoms with Gasteiger partial charge in [0.1, 0.15) is 17.9 Å². The third kappa shape index (κ3) is 4.98. The maximum Gasteiger partial charge on any atom is 0.314 e. The fourth-order valence-electron chi connectivity index (χ4n) is 2.98. The first-order chi connectivity index (χ1) is 13.8. The Labute approximate surface area is 166 Å². The molecular weight excluding hydrogens is 376 g/mol. The van der Waals surface area contributed by atoms with Crippen LogP contribution in [0, 0.1) is 5.41 Å². The van der Waals surface area contributed by atoms with E-state index in [1.165, 1.54) is 6.33 Å². The minimum atomic E-state index is -1.05. The van der Waals surface area contributed by atoms with Crippen molar-refractivity contribution in [3.8, 4) is 0 Å². The number of carbonyl (C=O) groups is 2. The molecule has 1 aliphatic rings. The van der Waals surface area contributed by atoms with Crippen molar-refractivity contribution in [2.45, 2.75) is 24.9 Å². The summed E-state index contributed by atoms with van der Waals surface area (Å²) < 4.78 is 1.65. The maximum atomic E-state index is 12.2. The molecule has 1 unspecified atom stereocenters. The molecule has 2 heterocycles. The van der Waals surface area contributed by atoms with Gasteiger partial charge in [-0.25, -0.2) is 4.98 Å². The number of nitrogens with zero attached hydrogens (tertiary/aromatic N) is 3. The lowest BCUT2D eigenvalue weighted by molar-refractivity contribution is -0.138. The maximum absolute atomic E-state index is 12.2. The number of amidine groups is 1. The molecule has 1 amide bonds. The molecule has 3 rings (SSSR count). The highest BCUT2D eigenvalue weighted by molar-refractivity contribution is 6.02. The number of nitrogens with one attached hydrogen (secondary N) is 2. The second-order valence-electron chi connectivity index (χ2n) is 6.82. The summed E-state index contributed by atoms with van der Waals surface area (Å²) in [6, 6.07) is 7.05. The van der Waals surface area contributed by atoms with Crippen LogP contribution in [0.3, 0.4) is 0 Å². The highest BCUT2D eigenvalue weighted by atomic mass is 16.6. The molecule has 0 spiro atoms. The largest absolute Gasteiger partial charge is 0.481 e. The standard InChI is InChI=1S/C19H22N6O4/c1-25-9-16(23-10-25)14(19(27)28)8-22-17(26)7-13-6-15(24-29-13)11-2-4-12(5-3-11)18(20)21/h2-5,9-10,13-14H,6-8H2,1H3,(H3,20,21)(H,22,26)(H,27,28)/t13?,14-/m1/s1. The predicted octanol–water partition coefficient (Wildman–Crippen LogP) is 0.572. The van der Waals surface area contributed by atoms with Crippen LogP contribution < -0.4 is 11.1 Å². The summed E-state index contributed by atoms with van der Waals surface area (Å²) in [6.45, 7) is -0.0574. The van der Waals surface area contributed by atoms with Crippen molar-refractivity contribution in [1.82, 2.24) is 14.9 Å². The summed E-state index contributed by atoms with van der Waals surface area (Å²) in [5.41, 5.74) is 7.98. The Balaban J connectivity index is 1.50. The number of carboxylic acids is 1. The molecule has 10 heteroatoms. The zero-order chi connectivity index (χ0) is 21.0. The van der Waals surface area contributed by atoms with Crippen molar-refractivity contribution in [2.24, 2.45) is 17.9 Å². The number of nitrogen functional groups attached to an aromatic ring is 1. The van der Waals surface area contributed by atoms with Crippen molar-refractivity contribution >= 4 is 23.4 Å². The zero-order valence-electron chi connectivity index (χ0n) is 15.8. The number of aryl methyl sites for hydroxylation is 1. The van der Waals surface area contributed by atoms with Crippen molar-refractivity contribution < 1.29 is 19.5 Å². The Bertz CT molecular complexity index is 950. The molecule has 0 bridgehead atoms. The summed E-state index contributed by atoms with van der Waals surface area (Å²) in [5, 5.41) is 23.5. The molecule has 152 valence electrons. The summed E-state index contributed by atoms with van der Waals surface area (Å²) in [6.07, 6.45) is 3.22. The van der Waals surface area contributed by atoms with Gasteiger partial charge in [0.25, 0.3) is 0 Å². The van der Waals surface area contributed by atoms with Crippen LogP contribution in [-0.4, -0.2) is 50.7 Å². The van der Waals surface area contributed by atoms with Gasteiger partial charge in [-0.2, -0.15) is 0 Å². The Morgan fingerprint density at radius 2 is 2.14 bits per heavy atom. The number of nitrogens with two attached hydrogens (primary N) is 1. The lowest BCUT2D eigenvalue weighted by atomic mass is 10.0.